The van der Waals surface area contributed by atoms with Crippen LogP contribution in [-0.4, -0.2) is 52.3 Å². The van der Waals surface area contributed by atoms with E-state index in [1.807, 2.05) is 13.8 Å². The molecule has 7 nitrogen and oxygen atoms in total. The zero-order valence-corrected chi connectivity index (χ0v) is 19.6. The largest absolute Gasteiger partial charge is 0.462 e. The maximum Gasteiger partial charge on any atom is 0.416 e. The number of nitrogens with one attached hydrogen (secondary N) is 1. The highest BCUT2D eigenvalue weighted by atomic mass is 19.4. The van der Waals surface area contributed by atoms with Crippen LogP contribution >= 0.6 is 0 Å². The van der Waals surface area contributed by atoms with Crippen LogP contribution < -0.4 is 10.1 Å². The normalized spacial score (nSPS) is 12.5. The van der Waals surface area contributed by atoms with Crippen molar-refractivity contribution in [1.29, 1.82) is 0 Å². The van der Waals surface area contributed by atoms with E-state index < -0.39 is 17.8 Å². The van der Waals surface area contributed by atoms with E-state index in [0.29, 0.717) is 18.9 Å². The fourth-order valence-corrected chi connectivity index (χ4v) is 3.10. The molecule has 3 rings (SSSR count). The second kappa shape index (κ2) is 11.9. The van der Waals surface area contributed by atoms with Crippen LogP contribution in [0.25, 0.3) is 17.1 Å². The van der Waals surface area contributed by atoms with Crippen LogP contribution in [0, 0.1) is 5.92 Å². The molecule has 2 N–H and O–H groups in total. The molecule has 10 heteroatoms. The zero-order chi connectivity index (χ0) is 25.4. The Balaban J connectivity index is 1.84. The molecule has 0 saturated heterocycles. The Morgan fingerprint density at radius 1 is 1.14 bits per heavy atom. The summed E-state index contributed by atoms with van der Waals surface area (Å²) in [5.74, 6) is 0.451. The van der Waals surface area contributed by atoms with Gasteiger partial charge >= 0.3 is 12.2 Å². The number of alkyl halides is 3. The molecule has 0 fully saturated rings. The summed E-state index contributed by atoms with van der Waals surface area (Å²) in [6, 6.07) is 12.1. The molecule has 0 saturated carbocycles. The maximum atomic E-state index is 13.3. The predicted octanol–water partition coefficient (Wildman–Crippen LogP) is 4.96. The van der Waals surface area contributed by atoms with Crippen molar-refractivity contribution in [1.82, 2.24) is 14.8 Å². The van der Waals surface area contributed by atoms with Gasteiger partial charge in [-0.1, -0.05) is 32.1 Å². The highest BCUT2D eigenvalue weighted by Gasteiger charge is 2.31. The van der Waals surface area contributed by atoms with Crippen molar-refractivity contribution in [2.24, 2.45) is 5.92 Å². The zero-order valence-electron chi connectivity index (χ0n) is 19.6. The molecule has 1 heterocycles. The highest BCUT2D eigenvalue weighted by Crippen LogP contribution is 2.33. The average molecular weight is 491 g/mol. The molecule has 0 aliphatic carbocycles. The van der Waals surface area contributed by atoms with E-state index in [4.69, 9.17) is 9.47 Å². The first-order valence-electron chi connectivity index (χ1n) is 11.2. The number of halogens is 3. The summed E-state index contributed by atoms with van der Waals surface area (Å²) in [7, 11) is 0. The number of anilines is 1. The van der Waals surface area contributed by atoms with Crippen LogP contribution in [0.1, 0.15) is 19.4 Å². The minimum Gasteiger partial charge on any atom is -0.462 e. The molecule has 0 radical (unpaired) electrons. The van der Waals surface area contributed by atoms with Gasteiger partial charge in [0, 0.05) is 17.8 Å². The van der Waals surface area contributed by atoms with E-state index in [0.717, 1.165) is 17.8 Å². The first kappa shape index (κ1) is 26.2. The molecule has 35 heavy (non-hydrogen) atoms. The molecule has 1 unspecified atom stereocenters. The van der Waals surface area contributed by atoms with Crippen LogP contribution in [-0.2, 0) is 10.9 Å². The lowest BCUT2D eigenvalue weighted by Gasteiger charge is -2.13. The average Bonchev–Trinajstić information content (AvgIpc) is 3.26. The lowest BCUT2D eigenvalue weighted by atomic mass is 10.1. The molecular weight excluding hydrogens is 461 g/mol. The van der Waals surface area contributed by atoms with Gasteiger partial charge in [0.2, 0.25) is 0 Å². The second-order valence-electron chi connectivity index (χ2n) is 8.32. The molecule has 3 aromatic rings. The molecule has 0 amide bonds. The predicted molar refractivity (Wildman–Crippen MR) is 128 cm³/mol. The smallest absolute Gasteiger partial charge is 0.416 e. The Labute approximate surface area is 202 Å². The van der Waals surface area contributed by atoms with Gasteiger partial charge in [0.25, 0.3) is 0 Å². The van der Waals surface area contributed by atoms with E-state index in [-0.39, 0.29) is 36.5 Å². The standard InChI is InChI=1S/C25H29F3N4O3/c1-4-12-34-16-22(33)14-29-20-8-10-21(11-9-20)32-23(30-24(31-32)35-15-17(2)3)18-6-5-7-19(13-18)25(26,27)28/h4-11,13,17,22,29,33H,1,12,14-16H2,2-3H3. The van der Waals surface area contributed by atoms with Gasteiger partial charge in [-0.3, -0.25) is 0 Å². The number of hydrogen-bond donors (Lipinski definition) is 2. The van der Waals surface area contributed by atoms with Crippen molar-refractivity contribution in [3.8, 4) is 23.1 Å². The molecule has 0 aliphatic rings. The molecule has 1 atom stereocenters. The molecule has 188 valence electrons. The minimum absolute atomic E-state index is 0.0796. The summed E-state index contributed by atoms with van der Waals surface area (Å²) in [6.07, 6.45) is -3.57. The van der Waals surface area contributed by atoms with Gasteiger partial charge in [0.15, 0.2) is 5.82 Å². The quantitative estimate of drug-likeness (QED) is 0.276. The molecule has 0 aliphatic heterocycles. The summed E-state index contributed by atoms with van der Waals surface area (Å²) in [4.78, 5) is 4.36. The number of benzene rings is 2. The van der Waals surface area contributed by atoms with E-state index in [1.165, 1.54) is 10.7 Å². The number of hydrogen-bond acceptors (Lipinski definition) is 6. The second-order valence-corrected chi connectivity index (χ2v) is 8.32. The third kappa shape index (κ3) is 7.56. The summed E-state index contributed by atoms with van der Waals surface area (Å²) in [5, 5.41) is 17.5. The van der Waals surface area contributed by atoms with Crippen LogP contribution in [0.4, 0.5) is 18.9 Å². The van der Waals surface area contributed by atoms with Crippen molar-refractivity contribution in [2.75, 3.05) is 31.7 Å². The minimum atomic E-state index is -4.48. The molecular formula is C25H29F3N4O3. The van der Waals surface area contributed by atoms with Gasteiger partial charge in [-0.2, -0.15) is 18.2 Å². The molecule has 2 aromatic carbocycles. The Hall–Kier alpha value is -3.37. The van der Waals surface area contributed by atoms with Crippen molar-refractivity contribution >= 4 is 5.69 Å². The SMILES string of the molecule is C=CCOCC(O)CNc1ccc(-n2nc(OCC(C)C)nc2-c2cccc(C(F)(F)F)c2)cc1. The Kier molecular flexibility index (Phi) is 8.89. The van der Waals surface area contributed by atoms with Crippen molar-refractivity contribution in [2.45, 2.75) is 26.1 Å². The summed E-state index contributed by atoms with van der Waals surface area (Å²) < 4.78 is 52.1. The van der Waals surface area contributed by atoms with Crippen molar-refractivity contribution < 1.29 is 27.8 Å². The monoisotopic (exact) mass is 490 g/mol. The summed E-state index contributed by atoms with van der Waals surface area (Å²) >= 11 is 0. The summed E-state index contributed by atoms with van der Waals surface area (Å²) in [6.45, 7) is 8.68. The highest BCUT2D eigenvalue weighted by molar-refractivity contribution is 5.60. The fourth-order valence-electron chi connectivity index (χ4n) is 3.10. The van der Waals surface area contributed by atoms with Gasteiger partial charge in [-0.05, 0) is 42.3 Å². The first-order chi connectivity index (χ1) is 16.7. The number of aliphatic hydroxyl groups is 1. The van der Waals surface area contributed by atoms with E-state index >= 15 is 0 Å². The van der Waals surface area contributed by atoms with Crippen LogP contribution in [0.15, 0.2) is 61.2 Å². The van der Waals surface area contributed by atoms with Crippen LogP contribution in [0.5, 0.6) is 6.01 Å². The third-order valence-corrected chi connectivity index (χ3v) is 4.78. The Bertz CT molecular complexity index is 1100. The number of aliphatic hydroxyl groups excluding tert-OH is 1. The third-order valence-electron chi connectivity index (χ3n) is 4.78. The van der Waals surface area contributed by atoms with E-state index in [1.54, 1.807) is 36.4 Å². The Morgan fingerprint density at radius 2 is 1.89 bits per heavy atom. The topological polar surface area (TPSA) is 81.4 Å². The van der Waals surface area contributed by atoms with E-state index in [2.05, 4.69) is 22.0 Å². The van der Waals surface area contributed by atoms with Gasteiger partial charge in [-0.15, -0.1) is 11.7 Å². The van der Waals surface area contributed by atoms with Gasteiger partial charge in [0.05, 0.1) is 37.2 Å². The summed E-state index contributed by atoms with van der Waals surface area (Å²) in [5.41, 5.74) is 0.819. The number of nitrogens with zero attached hydrogens (tertiary/aromatic N) is 3. The number of rotatable bonds is 12. The van der Waals surface area contributed by atoms with Crippen molar-refractivity contribution in [3.05, 3.63) is 66.7 Å². The van der Waals surface area contributed by atoms with Gasteiger partial charge in [0.1, 0.15) is 0 Å². The molecule has 0 spiro atoms. The lowest BCUT2D eigenvalue weighted by molar-refractivity contribution is -0.137. The molecule has 0 bridgehead atoms. The van der Waals surface area contributed by atoms with E-state index in [9.17, 15) is 18.3 Å². The van der Waals surface area contributed by atoms with Gasteiger partial charge < -0.3 is 19.9 Å². The van der Waals surface area contributed by atoms with Crippen LogP contribution in [0.2, 0.25) is 0 Å². The fraction of sp³-hybridized carbons (Fsp3) is 0.360. The van der Waals surface area contributed by atoms with Gasteiger partial charge in [-0.25, -0.2) is 4.68 Å². The number of ether oxygens (including phenoxy) is 2. The maximum absolute atomic E-state index is 13.3. The van der Waals surface area contributed by atoms with Crippen LogP contribution in [0.3, 0.4) is 0 Å². The first-order valence-corrected chi connectivity index (χ1v) is 11.2. The molecule has 1 aromatic heterocycles. The lowest BCUT2D eigenvalue weighted by Crippen LogP contribution is -2.24. The Morgan fingerprint density at radius 3 is 2.54 bits per heavy atom. The number of aromatic nitrogens is 3. The van der Waals surface area contributed by atoms with Crippen molar-refractivity contribution in [3.63, 3.8) is 0 Å².